The van der Waals surface area contributed by atoms with Crippen LogP contribution in [-0.2, 0) is 4.84 Å². The van der Waals surface area contributed by atoms with Crippen molar-refractivity contribution in [2.24, 2.45) is 5.16 Å². The van der Waals surface area contributed by atoms with E-state index in [2.05, 4.69) is 59.1 Å². The summed E-state index contributed by atoms with van der Waals surface area (Å²) in [5, 5.41) is 4.22. The fourth-order valence-corrected chi connectivity index (χ4v) is 3.94. The van der Waals surface area contributed by atoms with E-state index in [0.29, 0.717) is 12.0 Å². The molecule has 31 heavy (non-hydrogen) atoms. The number of carbonyl (C=O) groups excluding carboxylic acids is 1. The molecule has 4 rings (SSSR count). The van der Waals surface area contributed by atoms with Gasteiger partial charge in [-0.15, -0.1) is 0 Å². The molecule has 0 bridgehead atoms. The Morgan fingerprint density at radius 1 is 0.935 bits per heavy atom. The molecule has 0 aliphatic carbocycles. The van der Waals surface area contributed by atoms with Gasteiger partial charge in [0.25, 0.3) is 0 Å². The molecule has 3 aromatic rings. The van der Waals surface area contributed by atoms with Crippen molar-refractivity contribution in [3.63, 3.8) is 0 Å². The molecular weight excluding hydrogens is 386 g/mol. The van der Waals surface area contributed by atoms with Gasteiger partial charge in [0.05, 0.1) is 17.0 Å². The average molecular weight is 414 g/mol. The monoisotopic (exact) mass is 413 g/mol. The number of fused-ring (bicyclic) bond motifs is 1. The second-order valence-corrected chi connectivity index (χ2v) is 7.39. The fourth-order valence-electron chi connectivity index (χ4n) is 3.94. The molecular formula is C26H27N3O2. The van der Waals surface area contributed by atoms with E-state index in [1.54, 1.807) is 12.1 Å². The van der Waals surface area contributed by atoms with Crippen molar-refractivity contribution in [3.05, 3.63) is 90.0 Å². The van der Waals surface area contributed by atoms with E-state index in [1.165, 1.54) is 5.69 Å². The molecule has 5 nitrogen and oxygen atoms in total. The van der Waals surface area contributed by atoms with Gasteiger partial charge in [-0.25, -0.2) is 4.79 Å². The Morgan fingerprint density at radius 2 is 1.61 bits per heavy atom. The maximum absolute atomic E-state index is 12.3. The second kappa shape index (κ2) is 9.47. The van der Waals surface area contributed by atoms with Gasteiger partial charge in [0.15, 0.2) is 0 Å². The van der Waals surface area contributed by atoms with Crippen LogP contribution in [0.2, 0.25) is 0 Å². The van der Waals surface area contributed by atoms with Crippen LogP contribution in [0.25, 0.3) is 0 Å². The summed E-state index contributed by atoms with van der Waals surface area (Å²) in [5.41, 5.74) is 5.71. The van der Waals surface area contributed by atoms with E-state index >= 15 is 0 Å². The Morgan fingerprint density at radius 3 is 2.32 bits per heavy atom. The zero-order valence-corrected chi connectivity index (χ0v) is 18.0. The summed E-state index contributed by atoms with van der Waals surface area (Å²) < 4.78 is 0. The molecule has 0 radical (unpaired) electrons. The Kier molecular flexibility index (Phi) is 6.32. The van der Waals surface area contributed by atoms with Crippen LogP contribution < -0.4 is 9.80 Å². The predicted octanol–water partition coefficient (Wildman–Crippen LogP) is 5.64. The van der Waals surface area contributed by atoms with Crippen molar-refractivity contribution in [3.8, 4) is 0 Å². The zero-order chi connectivity index (χ0) is 21.6. The van der Waals surface area contributed by atoms with Crippen molar-refractivity contribution in [1.82, 2.24) is 0 Å². The fraction of sp³-hybridized carbons (Fsp3) is 0.231. The number of hydrogen-bond acceptors (Lipinski definition) is 5. The lowest BCUT2D eigenvalue weighted by Gasteiger charge is -2.32. The quantitative estimate of drug-likeness (QED) is 0.388. The molecule has 1 aliphatic heterocycles. The number of oxime groups is 1. The van der Waals surface area contributed by atoms with Crippen LogP contribution in [0.5, 0.6) is 0 Å². The minimum atomic E-state index is -0.444. The second-order valence-electron chi connectivity index (χ2n) is 7.39. The summed E-state index contributed by atoms with van der Waals surface area (Å²) in [5.74, 6) is -0.444. The van der Waals surface area contributed by atoms with Gasteiger partial charge in [0.1, 0.15) is 0 Å². The molecule has 0 atom stereocenters. The van der Waals surface area contributed by atoms with Gasteiger partial charge in [-0.2, -0.15) is 0 Å². The topological polar surface area (TPSA) is 45.1 Å². The van der Waals surface area contributed by atoms with Crippen molar-refractivity contribution in [2.75, 3.05) is 29.4 Å². The van der Waals surface area contributed by atoms with Gasteiger partial charge in [-0.05, 0) is 56.3 Å². The van der Waals surface area contributed by atoms with E-state index in [9.17, 15) is 4.79 Å². The maximum atomic E-state index is 12.3. The number of hydrogen-bond donors (Lipinski definition) is 0. The average Bonchev–Trinajstić information content (AvgIpc) is 2.84. The van der Waals surface area contributed by atoms with Gasteiger partial charge in [0.2, 0.25) is 0 Å². The van der Waals surface area contributed by atoms with Crippen LogP contribution in [-0.4, -0.2) is 31.3 Å². The van der Waals surface area contributed by atoms with E-state index in [-0.39, 0.29) is 0 Å². The summed E-state index contributed by atoms with van der Waals surface area (Å²) in [4.78, 5) is 22.2. The summed E-state index contributed by atoms with van der Waals surface area (Å²) >= 11 is 0. The number of benzene rings is 3. The SMILES string of the molecule is CCN(CC)c1ccc(N2CC/C(=N\OC(=O)c3ccccc3)c3ccccc32)cc1. The first-order valence-corrected chi connectivity index (χ1v) is 10.8. The van der Waals surface area contributed by atoms with Crippen molar-refractivity contribution < 1.29 is 9.63 Å². The molecule has 0 N–H and O–H groups in total. The summed E-state index contributed by atoms with van der Waals surface area (Å²) in [6.45, 7) is 7.09. The third-order valence-electron chi connectivity index (χ3n) is 5.62. The highest BCUT2D eigenvalue weighted by molar-refractivity contribution is 6.08. The molecule has 5 heteroatoms. The maximum Gasteiger partial charge on any atom is 0.365 e. The van der Waals surface area contributed by atoms with Crippen LogP contribution in [0, 0.1) is 0 Å². The molecule has 0 spiro atoms. The van der Waals surface area contributed by atoms with Gasteiger partial charge < -0.3 is 14.6 Å². The Hall–Kier alpha value is -3.60. The number of para-hydroxylation sites is 1. The van der Waals surface area contributed by atoms with E-state index in [0.717, 1.165) is 42.3 Å². The third-order valence-corrected chi connectivity index (χ3v) is 5.62. The van der Waals surface area contributed by atoms with Gasteiger partial charge in [-0.3, -0.25) is 0 Å². The van der Waals surface area contributed by atoms with Crippen LogP contribution in [0.4, 0.5) is 17.1 Å². The van der Waals surface area contributed by atoms with Crippen LogP contribution in [0.1, 0.15) is 36.2 Å². The highest BCUT2D eigenvalue weighted by Crippen LogP contribution is 2.34. The Balaban J connectivity index is 1.57. The normalized spacial score (nSPS) is 14.3. The molecule has 0 fully saturated rings. The lowest BCUT2D eigenvalue weighted by Crippen LogP contribution is -2.28. The highest BCUT2D eigenvalue weighted by Gasteiger charge is 2.23. The highest BCUT2D eigenvalue weighted by atomic mass is 16.7. The van der Waals surface area contributed by atoms with Gasteiger partial charge in [0, 0.05) is 43.0 Å². The lowest BCUT2D eigenvalue weighted by molar-refractivity contribution is 0.0515. The lowest BCUT2D eigenvalue weighted by atomic mass is 9.99. The first-order chi connectivity index (χ1) is 15.2. The molecule has 1 aliphatic rings. The van der Waals surface area contributed by atoms with E-state index < -0.39 is 5.97 Å². The minimum Gasteiger partial charge on any atom is -0.372 e. The van der Waals surface area contributed by atoms with Crippen molar-refractivity contribution in [1.29, 1.82) is 0 Å². The molecule has 158 valence electrons. The molecule has 0 saturated heterocycles. The number of anilines is 3. The van der Waals surface area contributed by atoms with Gasteiger partial charge >= 0.3 is 5.97 Å². The first kappa shape index (κ1) is 20.7. The van der Waals surface area contributed by atoms with E-state index in [1.807, 2.05) is 36.4 Å². The Labute approximate surface area is 183 Å². The predicted molar refractivity (Wildman–Crippen MR) is 126 cm³/mol. The first-order valence-electron chi connectivity index (χ1n) is 10.8. The number of rotatable bonds is 6. The van der Waals surface area contributed by atoms with E-state index in [4.69, 9.17) is 4.84 Å². The Bertz CT molecular complexity index is 1060. The third kappa shape index (κ3) is 4.45. The van der Waals surface area contributed by atoms with Crippen LogP contribution >= 0.6 is 0 Å². The zero-order valence-electron chi connectivity index (χ0n) is 18.0. The molecule has 0 unspecified atom stereocenters. The largest absolute Gasteiger partial charge is 0.372 e. The van der Waals surface area contributed by atoms with Crippen LogP contribution in [0.3, 0.4) is 0 Å². The van der Waals surface area contributed by atoms with Crippen molar-refractivity contribution in [2.45, 2.75) is 20.3 Å². The molecule has 0 saturated carbocycles. The molecule has 1 heterocycles. The van der Waals surface area contributed by atoms with Crippen molar-refractivity contribution >= 4 is 28.7 Å². The summed E-state index contributed by atoms with van der Waals surface area (Å²) in [6.07, 6.45) is 0.691. The molecule has 0 aromatic heterocycles. The smallest absolute Gasteiger partial charge is 0.365 e. The molecule has 3 aromatic carbocycles. The number of nitrogens with zero attached hydrogens (tertiary/aromatic N) is 3. The summed E-state index contributed by atoms with van der Waals surface area (Å²) in [6, 6.07) is 25.7. The molecule has 0 amide bonds. The standard InChI is InChI=1S/C26H27N3O2/c1-3-28(4-2)21-14-16-22(17-15-21)29-19-18-24(23-12-8-9-13-25(23)29)27-31-26(30)20-10-6-5-7-11-20/h5-17H,3-4,18-19H2,1-2H3/b27-24+. The minimum absolute atomic E-state index is 0.444. The van der Waals surface area contributed by atoms with Crippen LogP contribution in [0.15, 0.2) is 84.0 Å². The summed E-state index contributed by atoms with van der Waals surface area (Å²) in [7, 11) is 0. The number of carbonyl (C=O) groups is 1. The van der Waals surface area contributed by atoms with Gasteiger partial charge in [-0.1, -0.05) is 41.6 Å².